The summed E-state index contributed by atoms with van der Waals surface area (Å²) in [6, 6.07) is 0. The van der Waals surface area contributed by atoms with Gasteiger partial charge in [0.2, 0.25) is 0 Å². The number of ether oxygens (including phenoxy) is 1. The molecule has 2 atom stereocenters. The quantitative estimate of drug-likeness (QED) is 0.598. The van der Waals surface area contributed by atoms with Gasteiger partial charge < -0.3 is 14.9 Å². The zero-order chi connectivity index (χ0) is 10.7. The molecule has 3 nitrogen and oxygen atoms in total. The fourth-order valence-corrected chi connectivity index (χ4v) is 2.01. The molecule has 0 bridgehead atoms. The minimum Gasteiger partial charge on any atom is -0.384 e. The zero-order valence-electron chi connectivity index (χ0n) is 9.30. The highest BCUT2D eigenvalue weighted by molar-refractivity contribution is 5.18. The van der Waals surface area contributed by atoms with Gasteiger partial charge in [-0.1, -0.05) is 0 Å². The van der Waals surface area contributed by atoms with Crippen molar-refractivity contribution in [2.45, 2.75) is 63.9 Å². The lowest BCUT2D eigenvalue weighted by atomic mass is 9.72. The van der Waals surface area contributed by atoms with Crippen LogP contribution < -0.4 is 0 Å². The van der Waals surface area contributed by atoms with E-state index in [0.717, 1.165) is 0 Å². The Morgan fingerprint density at radius 2 is 0.923 bits per heavy atom. The Bertz CT molecular complexity index is 202. The molecule has 0 aromatic heterocycles. The summed E-state index contributed by atoms with van der Waals surface area (Å²) in [6.45, 7) is 10.4. The van der Waals surface area contributed by atoms with Crippen molar-refractivity contribution in [2.75, 3.05) is 0 Å². The van der Waals surface area contributed by atoms with E-state index >= 15 is 0 Å². The first-order chi connectivity index (χ1) is 5.46. The van der Waals surface area contributed by atoms with Gasteiger partial charge in [0.15, 0.2) is 0 Å². The third-order valence-electron chi connectivity index (χ3n) is 3.80. The predicted octanol–water partition coefficient (Wildman–Crippen LogP) is 1.08. The van der Waals surface area contributed by atoms with Gasteiger partial charge in [-0.15, -0.1) is 0 Å². The van der Waals surface area contributed by atoms with Gasteiger partial charge in [-0.05, 0) is 41.5 Å². The van der Waals surface area contributed by atoms with Gasteiger partial charge in [0, 0.05) is 0 Å². The van der Waals surface area contributed by atoms with Crippen LogP contribution in [-0.2, 0) is 4.74 Å². The lowest BCUT2D eigenvalue weighted by Crippen LogP contribution is -2.60. The highest BCUT2D eigenvalue weighted by Gasteiger charge is 2.68. The molecule has 2 N–H and O–H groups in total. The Balaban J connectivity index is 3.24. The molecule has 0 radical (unpaired) electrons. The normalized spacial score (nSPS) is 48.0. The molecule has 3 heteroatoms. The summed E-state index contributed by atoms with van der Waals surface area (Å²) in [5, 5.41) is 20.4. The fraction of sp³-hybridized carbons (Fsp3) is 1.00. The molecule has 1 fully saturated rings. The zero-order valence-corrected chi connectivity index (χ0v) is 9.30. The van der Waals surface area contributed by atoms with Crippen LogP contribution in [0.3, 0.4) is 0 Å². The lowest BCUT2D eigenvalue weighted by molar-refractivity contribution is -0.146. The fourth-order valence-electron chi connectivity index (χ4n) is 2.01. The molecule has 0 aliphatic carbocycles. The third kappa shape index (κ3) is 1.07. The molecule has 1 saturated heterocycles. The highest BCUT2D eigenvalue weighted by Crippen LogP contribution is 2.51. The second-order valence-corrected chi connectivity index (χ2v) is 5.27. The first kappa shape index (κ1) is 11.0. The minimum absolute atomic E-state index is 0.736. The van der Waals surface area contributed by atoms with E-state index in [-0.39, 0.29) is 0 Å². The molecular formula is C10H20O3. The minimum atomic E-state index is -1.25. The van der Waals surface area contributed by atoms with E-state index < -0.39 is 22.4 Å². The van der Waals surface area contributed by atoms with Gasteiger partial charge in [-0.2, -0.15) is 0 Å². The van der Waals surface area contributed by atoms with E-state index in [1.807, 2.05) is 0 Å². The monoisotopic (exact) mass is 188 g/mol. The largest absolute Gasteiger partial charge is 0.384 e. The van der Waals surface area contributed by atoms with Crippen molar-refractivity contribution in [1.82, 2.24) is 0 Å². The maximum atomic E-state index is 10.2. The highest BCUT2D eigenvalue weighted by atomic mass is 16.6. The van der Waals surface area contributed by atoms with E-state index in [2.05, 4.69) is 0 Å². The van der Waals surface area contributed by atoms with Crippen molar-refractivity contribution in [1.29, 1.82) is 0 Å². The topological polar surface area (TPSA) is 49.7 Å². The number of rotatable bonds is 0. The molecule has 0 aromatic rings. The first-order valence-electron chi connectivity index (χ1n) is 4.61. The van der Waals surface area contributed by atoms with E-state index in [1.165, 1.54) is 0 Å². The van der Waals surface area contributed by atoms with Gasteiger partial charge >= 0.3 is 0 Å². The molecular weight excluding hydrogens is 168 g/mol. The van der Waals surface area contributed by atoms with Gasteiger partial charge in [-0.25, -0.2) is 0 Å². The van der Waals surface area contributed by atoms with Crippen LogP contribution in [0.2, 0.25) is 0 Å². The second-order valence-electron chi connectivity index (χ2n) is 5.27. The number of aliphatic hydroxyl groups is 2. The van der Waals surface area contributed by atoms with Crippen molar-refractivity contribution in [2.24, 2.45) is 0 Å². The smallest absolute Gasteiger partial charge is 0.121 e. The average molecular weight is 188 g/mol. The summed E-state index contributed by atoms with van der Waals surface area (Å²) >= 11 is 0. The van der Waals surface area contributed by atoms with Crippen LogP contribution in [0.1, 0.15) is 41.5 Å². The van der Waals surface area contributed by atoms with Crippen molar-refractivity contribution in [3.05, 3.63) is 0 Å². The van der Waals surface area contributed by atoms with Crippen LogP contribution >= 0.6 is 0 Å². The Morgan fingerprint density at radius 3 is 1.00 bits per heavy atom. The maximum absolute atomic E-state index is 10.2. The molecule has 0 spiro atoms. The van der Waals surface area contributed by atoms with Crippen molar-refractivity contribution >= 4 is 0 Å². The van der Waals surface area contributed by atoms with Gasteiger partial charge in [0.05, 0.1) is 11.2 Å². The summed E-state index contributed by atoms with van der Waals surface area (Å²) in [7, 11) is 0. The van der Waals surface area contributed by atoms with Gasteiger partial charge in [0.1, 0.15) is 11.2 Å². The predicted molar refractivity (Wildman–Crippen MR) is 50.5 cm³/mol. The number of hydrogen-bond donors (Lipinski definition) is 2. The summed E-state index contributed by atoms with van der Waals surface area (Å²) in [5.41, 5.74) is -3.97. The average Bonchev–Trinajstić information content (AvgIpc) is 1.88. The van der Waals surface area contributed by atoms with Crippen molar-refractivity contribution < 1.29 is 14.9 Å². The summed E-state index contributed by atoms with van der Waals surface area (Å²) in [4.78, 5) is 0. The Kier molecular flexibility index (Phi) is 1.91. The van der Waals surface area contributed by atoms with E-state index in [1.54, 1.807) is 41.5 Å². The van der Waals surface area contributed by atoms with Crippen LogP contribution in [0.4, 0.5) is 0 Å². The molecule has 1 rings (SSSR count). The van der Waals surface area contributed by atoms with Crippen molar-refractivity contribution in [3.63, 3.8) is 0 Å². The van der Waals surface area contributed by atoms with Gasteiger partial charge in [-0.3, -0.25) is 0 Å². The molecule has 0 saturated carbocycles. The number of hydrogen-bond acceptors (Lipinski definition) is 3. The second kappa shape index (κ2) is 2.27. The third-order valence-corrected chi connectivity index (χ3v) is 3.80. The molecule has 0 amide bonds. The molecule has 2 unspecified atom stereocenters. The van der Waals surface area contributed by atoms with Gasteiger partial charge in [0.25, 0.3) is 0 Å². The van der Waals surface area contributed by atoms with Crippen LogP contribution in [-0.4, -0.2) is 32.6 Å². The standard InChI is InChI=1S/C10H20O3/c1-7(2)9(5,11)10(6,12)8(3,4)13-7/h11-12H,1-6H3. The van der Waals surface area contributed by atoms with E-state index in [4.69, 9.17) is 4.74 Å². The molecule has 1 heterocycles. The molecule has 1 aliphatic heterocycles. The first-order valence-corrected chi connectivity index (χ1v) is 4.61. The Morgan fingerprint density at radius 1 is 0.692 bits per heavy atom. The Labute approximate surface area is 79.7 Å². The van der Waals surface area contributed by atoms with Crippen LogP contribution in [0.5, 0.6) is 0 Å². The molecule has 13 heavy (non-hydrogen) atoms. The summed E-state index contributed by atoms with van der Waals surface area (Å²) < 4.78 is 5.67. The molecule has 0 aromatic carbocycles. The maximum Gasteiger partial charge on any atom is 0.121 e. The van der Waals surface area contributed by atoms with E-state index in [9.17, 15) is 10.2 Å². The van der Waals surface area contributed by atoms with Crippen LogP contribution in [0, 0.1) is 0 Å². The lowest BCUT2D eigenvalue weighted by Gasteiger charge is -2.40. The summed E-state index contributed by atoms with van der Waals surface area (Å²) in [5.74, 6) is 0. The SMILES string of the molecule is CC1(C)OC(C)(C)C(C)(O)C1(C)O. The summed E-state index contributed by atoms with van der Waals surface area (Å²) in [6.07, 6.45) is 0. The van der Waals surface area contributed by atoms with Crippen LogP contribution in [0.15, 0.2) is 0 Å². The van der Waals surface area contributed by atoms with E-state index in [0.29, 0.717) is 0 Å². The van der Waals surface area contributed by atoms with Crippen LogP contribution in [0.25, 0.3) is 0 Å². The Hall–Kier alpha value is -0.120. The molecule has 78 valence electrons. The molecule has 1 aliphatic rings. The van der Waals surface area contributed by atoms with Crippen molar-refractivity contribution in [3.8, 4) is 0 Å².